The van der Waals surface area contributed by atoms with Crippen LogP contribution in [0.25, 0.3) is 56.3 Å². The molecule has 1 atom stereocenters. The van der Waals surface area contributed by atoms with Crippen LogP contribution in [0.2, 0.25) is 0 Å². The molecule has 1 fully saturated rings. The van der Waals surface area contributed by atoms with Crippen molar-refractivity contribution < 1.29 is 22.8 Å². The minimum Gasteiger partial charge on any atom is -0.201 e. The molecule has 0 spiro atoms. The molecule has 0 radical (unpaired) electrons. The summed E-state index contributed by atoms with van der Waals surface area (Å²) in [6, 6.07) is 55.5. The Kier molecular flexibility index (Phi) is 27.2. The predicted octanol–water partition coefficient (Wildman–Crippen LogP) is 21.9. The Morgan fingerprint density at radius 1 is 0.357 bits per heavy atom. The van der Waals surface area contributed by atoms with Gasteiger partial charge in [0.05, 0.1) is 0 Å². The van der Waals surface area contributed by atoms with Gasteiger partial charge in [-0.1, -0.05) is 112 Å². The highest BCUT2D eigenvalue weighted by atomic mass is 14.9. The van der Waals surface area contributed by atoms with Crippen molar-refractivity contribution in [3.63, 3.8) is 0 Å². The largest absolute Gasteiger partial charge is 0.212 e. The molecule has 0 saturated heterocycles. The Hall–Kier alpha value is -8.15. The third-order valence-corrected chi connectivity index (χ3v) is 20.6. The molecule has 5 nitrogen and oxygen atoms in total. The van der Waals surface area contributed by atoms with Gasteiger partial charge in [0.15, 0.2) is 31.0 Å². The third kappa shape index (κ3) is 19.8. The highest BCUT2D eigenvalue weighted by Crippen LogP contribution is 2.39. The van der Waals surface area contributed by atoms with Gasteiger partial charge in [-0.15, -0.1) is 0 Å². The van der Waals surface area contributed by atoms with Crippen molar-refractivity contribution in [3.8, 4) is 56.3 Å². The van der Waals surface area contributed by atoms with Gasteiger partial charge in [-0.3, -0.25) is 0 Å². The number of benzene rings is 5. The van der Waals surface area contributed by atoms with E-state index in [4.69, 9.17) is 0 Å². The first kappa shape index (κ1) is 77.2. The Balaban J connectivity index is 0.000000172. The quantitative estimate of drug-likeness (QED) is 0.109. The average Bonchev–Trinajstić information content (AvgIpc) is 0.969. The monoisotopic (exact) mass is 1310 g/mol. The molecule has 1 aliphatic rings. The summed E-state index contributed by atoms with van der Waals surface area (Å²) in [6.07, 6.45) is 20.8. The molecule has 1 aliphatic carbocycles. The zero-order chi connectivity index (χ0) is 71.9. The van der Waals surface area contributed by atoms with Crippen molar-refractivity contribution in [2.45, 2.75) is 213 Å². The molecular weight excluding hydrogens is 1190 g/mol. The third-order valence-electron chi connectivity index (χ3n) is 20.6. The van der Waals surface area contributed by atoms with Crippen molar-refractivity contribution in [3.05, 3.63) is 266 Å². The molecule has 11 rings (SSSR count). The Bertz CT molecular complexity index is 4210. The molecule has 5 heterocycles. The maximum Gasteiger partial charge on any atom is 0.212 e. The number of rotatable bonds is 12. The van der Waals surface area contributed by atoms with Crippen molar-refractivity contribution in [1.82, 2.24) is 0 Å². The highest BCUT2D eigenvalue weighted by molar-refractivity contribution is 5.67. The van der Waals surface area contributed by atoms with Gasteiger partial charge in [0.25, 0.3) is 0 Å². The first-order valence-electron chi connectivity index (χ1n) is 36.7. The summed E-state index contributed by atoms with van der Waals surface area (Å²) in [5, 5.41) is 0. The van der Waals surface area contributed by atoms with Crippen LogP contribution in [-0.4, -0.2) is 0 Å². The molecule has 1 unspecified atom stereocenters. The lowest BCUT2D eigenvalue weighted by Crippen LogP contribution is -2.30. The minimum atomic E-state index is 0.201. The van der Waals surface area contributed by atoms with Crippen molar-refractivity contribution in [2.75, 3.05) is 0 Å². The molecule has 516 valence electrons. The Morgan fingerprint density at radius 2 is 0.684 bits per heavy atom. The SMILES string of the molecule is CCC(C)c1cc(C)c(-c2cccc[n+]2C)cc1C.CCC(CC)c1cc(C)c(-c2cccc[n+]2C)cc1C.Cc1cc(-c2cccc[n+]2C)c(C)cc1CC(C)(C)C.Cc1cc(C(C)(C)C)c(C)cc1-c1cccc[n+]1C.Cc1cc(C2CCCC2)c(C)cc1-c1cccc[n+]1C. The normalized spacial score (nSPS) is 12.6. The van der Waals surface area contributed by atoms with Crippen LogP contribution in [0.3, 0.4) is 0 Å². The predicted molar refractivity (Wildman–Crippen MR) is 418 cm³/mol. The molecule has 98 heavy (non-hydrogen) atoms. The van der Waals surface area contributed by atoms with Crippen molar-refractivity contribution in [2.24, 2.45) is 40.7 Å². The second kappa shape index (κ2) is 34.6. The molecule has 5 aromatic heterocycles. The van der Waals surface area contributed by atoms with E-state index in [1.165, 1.54) is 179 Å². The van der Waals surface area contributed by atoms with Gasteiger partial charge in [-0.05, 0) is 280 Å². The number of hydrogen-bond acceptors (Lipinski definition) is 0. The summed E-state index contributed by atoms with van der Waals surface area (Å²) in [5.74, 6) is 2.12. The maximum absolute atomic E-state index is 2.44. The molecule has 0 amide bonds. The lowest BCUT2D eigenvalue weighted by atomic mass is 9.82. The van der Waals surface area contributed by atoms with Crippen LogP contribution in [0.4, 0.5) is 0 Å². The lowest BCUT2D eigenvalue weighted by Gasteiger charge is -2.23. The van der Waals surface area contributed by atoms with E-state index in [-0.39, 0.29) is 5.41 Å². The smallest absolute Gasteiger partial charge is 0.201 e. The van der Waals surface area contributed by atoms with Crippen LogP contribution >= 0.6 is 0 Å². The highest BCUT2D eigenvalue weighted by Gasteiger charge is 2.25. The van der Waals surface area contributed by atoms with Gasteiger partial charge in [0, 0.05) is 88.5 Å². The summed E-state index contributed by atoms with van der Waals surface area (Å²) in [5.41, 5.74) is 35.0. The van der Waals surface area contributed by atoms with E-state index in [1.54, 1.807) is 5.56 Å². The van der Waals surface area contributed by atoms with Gasteiger partial charge in [-0.2, -0.15) is 0 Å². The number of pyridine rings is 5. The standard InChI is InChI=1S/C19H24N.2C19H26N.2C18H24N/c1-14-13-18(19-10-6-7-11-20(19)3)15(2)12-17(14)16-8-4-5-9-16;1-14-12-17(18-9-7-8-10-20(18)6)15(2)11-16(14)13-19(3,4)5;1-6-16(7-2)17-12-15(4)18(13-14(17)3)19-10-8-9-11-20(19)5;1-13-12-16(18(3,4)5)14(2)11-15(13)17-9-7-8-10-19(17)6;1-6-13(2)16-11-15(4)17(12-14(16)3)18-9-7-8-10-19(18)5/h6-7,10-13,16H,4-5,8-9H2,1-3H3;7-12H,13H2,1-6H3;8-13,16H,6-7H2,1-5H3;7-12H,1-6H3;7-13H,6H2,1-5H3/q5*+1. The molecule has 5 heteroatoms. The van der Waals surface area contributed by atoms with Gasteiger partial charge < -0.3 is 0 Å². The van der Waals surface area contributed by atoms with Crippen LogP contribution in [0.5, 0.6) is 0 Å². The fourth-order valence-corrected chi connectivity index (χ4v) is 14.8. The van der Waals surface area contributed by atoms with E-state index >= 15 is 0 Å². The van der Waals surface area contributed by atoms with Crippen molar-refractivity contribution >= 4 is 0 Å². The molecule has 10 aromatic rings. The summed E-state index contributed by atoms with van der Waals surface area (Å²) in [4.78, 5) is 0. The van der Waals surface area contributed by atoms with Crippen LogP contribution < -0.4 is 22.8 Å². The van der Waals surface area contributed by atoms with Crippen LogP contribution in [-0.2, 0) is 47.1 Å². The molecule has 0 aliphatic heterocycles. The number of hydrogen-bond donors (Lipinski definition) is 0. The number of aromatic nitrogens is 5. The summed E-state index contributed by atoms with van der Waals surface area (Å²) < 4.78 is 10.9. The molecule has 0 bridgehead atoms. The second-order valence-corrected chi connectivity index (χ2v) is 30.9. The first-order chi connectivity index (χ1) is 46.4. The van der Waals surface area contributed by atoms with E-state index < -0.39 is 0 Å². The Labute approximate surface area is 595 Å². The minimum absolute atomic E-state index is 0.201. The fourth-order valence-electron chi connectivity index (χ4n) is 14.8. The molecular formula is C93H124N5+5. The van der Waals surface area contributed by atoms with Gasteiger partial charge in [0.2, 0.25) is 28.5 Å². The molecule has 5 aromatic carbocycles. The van der Waals surface area contributed by atoms with E-state index in [0.717, 1.165) is 12.3 Å². The van der Waals surface area contributed by atoms with Gasteiger partial charge >= 0.3 is 0 Å². The summed E-state index contributed by atoms with van der Waals surface area (Å²) in [7, 11) is 10.5. The Morgan fingerprint density at radius 3 is 1.04 bits per heavy atom. The number of nitrogens with zero attached hydrogens (tertiary/aromatic N) is 5. The second-order valence-electron chi connectivity index (χ2n) is 30.9. The maximum atomic E-state index is 2.44. The molecule has 1 saturated carbocycles. The van der Waals surface area contributed by atoms with E-state index in [0.29, 0.717) is 17.3 Å². The average molecular weight is 1310 g/mol. The van der Waals surface area contributed by atoms with Gasteiger partial charge in [0.1, 0.15) is 35.2 Å². The van der Waals surface area contributed by atoms with Crippen LogP contribution in [0.15, 0.2) is 183 Å². The van der Waals surface area contributed by atoms with Crippen molar-refractivity contribution in [1.29, 1.82) is 0 Å². The number of aryl methyl sites for hydroxylation is 15. The topological polar surface area (TPSA) is 19.4 Å². The zero-order valence-corrected chi connectivity index (χ0v) is 65.4. The van der Waals surface area contributed by atoms with Crippen LogP contribution in [0.1, 0.15) is 215 Å². The van der Waals surface area contributed by atoms with E-state index in [1.807, 2.05) is 0 Å². The van der Waals surface area contributed by atoms with Gasteiger partial charge in [-0.25, -0.2) is 22.8 Å². The molecule has 0 N–H and O–H groups in total. The lowest BCUT2D eigenvalue weighted by molar-refractivity contribution is -0.660. The van der Waals surface area contributed by atoms with Crippen LogP contribution in [0, 0.1) is 74.7 Å². The first-order valence-corrected chi connectivity index (χ1v) is 36.7. The fraction of sp³-hybridized carbons (Fsp3) is 0.409. The summed E-state index contributed by atoms with van der Waals surface area (Å²) in [6.45, 7) is 45.2. The van der Waals surface area contributed by atoms with E-state index in [2.05, 4.69) is 379 Å². The zero-order valence-electron chi connectivity index (χ0n) is 65.4. The van der Waals surface area contributed by atoms with E-state index in [9.17, 15) is 0 Å². The summed E-state index contributed by atoms with van der Waals surface area (Å²) >= 11 is 0.